The monoisotopic (exact) mass is 292 g/mol. The van der Waals surface area contributed by atoms with Crippen LogP contribution in [0.3, 0.4) is 0 Å². The lowest BCUT2D eigenvalue weighted by Crippen LogP contribution is -2.33. The second-order valence-electron chi connectivity index (χ2n) is 5.55. The van der Waals surface area contributed by atoms with E-state index < -0.39 is 0 Å². The van der Waals surface area contributed by atoms with Crippen LogP contribution in [0.1, 0.15) is 38.8 Å². The summed E-state index contributed by atoms with van der Waals surface area (Å²) in [5.41, 5.74) is 1.31. The Kier molecular flexibility index (Phi) is 4.27. The molecule has 1 aliphatic rings. The molecule has 4 nitrogen and oxygen atoms in total. The first-order valence-electron chi connectivity index (χ1n) is 7.73. The largest absolute Gasteiger partial charge is 0.355 e. The second kappa shape index (κ2) is 6.14. The zero-order valence-corrected chi connectivity index (χ0v) is 13.2. The van der Waals surface area contributed by atoms with Crippen molar-refractivity contribution < 1.29 is 0 Å². The van der Waals surface area contributed by atoms with E-state index in [2.05, 4.69) is 40.0 Å². The van der Waals surface area contributed by atoms with E-state index in [9.17, 15) is 0 Å². The van der Waals surface area contributed by atoms with Crippen molar-refractivity contribution in [2.45, 2.75) is 39.7 Å². The van der Waals surface area contributed by atoms with Crippen LogP contribution >= 0.6 is 11.3 Å². The van der Waals surface area contributed by atoms with E-state index in [1.165, 1.54) is 37.3 Å². The van der Waals surface area contributed by atoms with Crippen molar-refractivity contribution in [2.24, 2.45) is 5.92 Å². The van der Waals surface area contributed by atoms with Crippen LogP contribution in [0.4, 0.5) is 5.82 Å². The summed E-state index contributed by atoms with van der Waals surface area (Å²) < 4.78 is 2.24. The van der Waals surface area contributed by atoms with Gasteiger partial charge in [0, 0.05) is 31.2 Å². The topological polar surface area (TPSA) is 32.6 Å². The molecule has 0 aliphatic heterocycles. The number of fused-ring (bicyclic) bond motifs is 1. The summed E-state index contributed by atoms with van der Waals surface area (Å²) in [6.07, 6.45) is 6.33. The summed E-state index contributed by atoms with van der Waals surface area (Å²) in [7, 11) is 0. The average molecular weight is 292 g/mol. The highest BCUT2D eigenvalue weighted by Crippen LogP contribution is 2.31. The fourth-order valence-corrected chi connectivity index (χ4v) is 3.56. The van der Waals surface area contributed by atoms with E-state index in [-0.39, 0.29) is 0 Å². The van der Waals surface area contributed by atoms with Crippen molar-refractivity contribution in [3.8, 4) is 0 Å². The van der Waals surface area contributed by atoms with E-state index in [1.54, 1.807) is 11.3 Å². The maximum absolute atomic E-state index is 4.88. The van der Waals surface area contributed by atoms with Crippen LogP contribution in [0.15, 0.2) is 11.6 Å². The van der Waals surface area contributed by atoms with Gasteiger partial charge in [0.2, 0.25) is 0 Å². The number of hydrogen-bond donors (Lipinski definition) is 1. The van der Waals surface area contributed by atoms with Gasteiger partial charge in [-0.15, -0.1) is 11.3 Å². The molecule has 1 saturated carbocycles. The van der Waals surface area contributed by atoms with E-state index in [1.807, 2.05) is 0 Å². The number of rotatable bonds is 7. The molecule has 2 heterocycles. The van der Waals surface area contributed by atoms with Crippen molar-refractivity contribution in [1.82, 2.24) is 14.7 Å². The quantitative estimate of drug-likeness (QED) is 0.851. The smallest absolute Gasteiger partial charge is 0.195 e. The first kappa shape index (κ1) is 13.9. The summed E-state index contributed by atoms with van der Waals surface area (Å²) in [5.74, 6) is 2.06. The number of nitrogens with one attached hydrogen (secondary N) is 1. The highest BCUT2D eigenvalue weighted by atomic mass is 32.1. The minimum atomic E-state index is 0.877. The number of thiazole rings is 1. The van der Waals surface area contributed by atoms with Gasteiger partial charge in [-0.1, -0.05) is 13.3 Å². The molecule has 1 N–H and O–H groups in total. The highest BCUT2D eigenvalue weighted by molar-refractivity contribution is 7.15. The Balaban J connectivity index is 1.88. The molecule has 0 spiro atoms. The van der Waals surface area contributed by atoms with Crippen LogP contribution in [0.5, 0.6) is 0 Å². The third-order valence-electron chi connectivity index (χ3n) is 4.27. The normalized spacial score (nSPS) is 15.7. The van der Waals surface area contributed by atoms with Gasteiger partial charge in [0.25, 0.3) is 0 Å². The fourth-order valence-electron chi connectivity index (χ4n) is 2.83. The lowest BCUT2D eigenvalue weighted by Gasteiger charge is -2.32. The van der Waals surface area contributed by atoms with Crippen molar-refractivity contribution in [3.63, 3.8) is 0 Å². The molecule has 1 aliphatic carbocycles. The van der Waals surface area contributed by atoms with Crippen LogP contribution in [0, 0.1) is 5.92 Å². The summed E-state index contributed by atoms with van der Waals surface area (Å²) in [5, 5.41) is 5.57. The Morgan fingerprint density at radius 1 is 1.45 bits per heavy atom. The van der Waals surface area contributed by atoms with Gasteiger partial charge in [0.05, 0.1) is 5.69 Å². The highest BCUT2D eigenvalue weighted by Gasteiger charge is 2.24. The van der Waals surface area contributed by atoms with E-state index >= 15 is 0 Å². The molecular weight excluding hydrogens is 268 g/mol. The van der Waals surface area contributed by atoms with Crippen LogP contribution in [0.25, 0.3) is 4.96 Å². The molecule has 0 atom stereocenters. The zero-order chi connectivity index (χ0) is 13.9. The van der Waals surface area contributed by atoms with Crippen LogP contribution in [-0.2, 0) is 6.54 Å². The lowest BCUT2D eigenvalue weighted by molar-refractivity contribution is 0.318. The Labute approximate surface area is 124 Å². The number of aromatic nitrogens is 2. The first-order valence-corrected chi connectivity index (χ1v) is 8.61. The third-order valence-corrected chi connectivity index (χ3v) is 5.02. The zero-order valence-electron chi connectivity index (χ0n) is 12.4. The van der Waals surface area contributed by atoms with Gasteiger partial charge >= 0.3 is 0 Å². The van der Waals surface area contributed by atoms with Gasteiger partial charge in [0.15, 0.2) is 10.8 Å². The molecular formula is C15H24N4S. The average Bonchev–Trinajstić information content (AvgIpc) is 2.96. The molecule has 0 unspecified atom stereocenters. The molecule has 2 aromatic rings. The number of anilines is 1. The molecule has 2 aromatic heterocycles. The summed E-state index contributed by atoms with van der Waals surface area (Å²) in [4.78, 5) is 8.46. The van der Waals surface area contributed by atoms with Gasteiger partial charge in [-0.25, -0.2) is 4.98 Å². The minimum absolute atomic E-state index is 0.877. The molecule has 5 heteroatoms. The fraction of sp³-hybridized carbons (Fsp3) is 0.667. The van der Waals surface area contributed by atoms with Gasteiger partial charge in [-0.3, -0.25) is 4.40 Å². The van der Waals surface area contributed by atoms with Crippen LogP contribution in [0.2, 0.25) is 0 Å². The molecule has 0 bridgehead atoms. The molecule has 0 saturated heterocycles. The molecule has 20 heavy (non-hydrogen) atoms. The number of imidazole rings is 1. The Bertz CT molecular complexity index is 555. The SMILES string of the molecule is CCNCc1c(N(CC)CC2CCC2)nc2sccn12. The Hall–Kier alpha value is -1.07. The van der Waals surface area contributed by atoms with Gasteiger partial charge in [-0.2, -0.15) is 0 Å². The van der Waals surface area contributed by atoms with Crippen LogP contribution in [-0.4, -0.2) is 29.0 Å². The van der Waals surface area contributed by atoms with Crippen molar-refractivity contribution in [2.75, 3.05) is 24.5 Å². The summed E-state index contributed by atoms with van der Waals surface area (Å²) in [6, 6.07) is 0. The summed E-state index contributed by atoms with van der Waals surface area (Å²) >= 11 is 1.72. The minimum Gasteiger partial charge on any atom is -0.355 e. The number of nitrogens with zero attached hydrogens (tertiary/aromatic N) is 3. The molecule has 0 amide bonds. The van der Waals surface area contributed by atoms with Crippen molar-refractivity contribution in [3.05, 3.63) is 17.3 Å². The molecule has 3 rings (SSSR count). The van der Waals surface area contributed by atoms with E-state index in [4.69, 9.17) is 4.98 Å². The maximum Gasteiger partial charge on any atom is 0.195 e. The molecule has 1 fully saturated rings. The Morgan fingerprint density at radius 2 is 2.30 bits per heavy atom. The Morgan fingerprint density at radius 3 is 2.95 bits per heavy atom. The predicted molar refractivity (Wildman–Crippen MR) is 85.7 cm³/mol. The van der Waals surface area contributed by atoms with Crippen LogP contribution < -0.4 is 10.2 Å². The molecule has 110 valence electrons. The van der Waals surface area contributed by atoms with Gasteiger partial charge < -0.3 is 10.2 Å². The molecule has 0 radical (unpaired) electrons. The van der Waals surface area contributed by atoms with Gasteiger partial charge in [0.1, 0.15) is 0 Å². The first-order chi connectivity index (χ1) is 9.83. The number of hydrogen-bond acceptors (Lipinski definition) is 4. The predicted octanol–water partition coefficient (Wildman–Crippen LogP) is 3.13. The summed E-state index contributed by atoms with van der Waals surface area (Å²) in [6.45, 7) is 8.48. The van der Waals surface area contributed by atoms with Crippen molar-refractivity contribution >= 4 is 22.1 Å². The maximum atomic E-state index is 4.88. The standard InChI is InChI=1S/C15H24N4S/c1-3-16-10-13-14(17-15-19(13)8-9-20-15)18(4-2)11-12-6-5-7-12/h8-9,12,16H,3-7,10-11H2,1-2H3. The van der Waals surface area contributed by atoms with Crippen molar-refractivity contribution in [1.29, 1.82) is 0 Å². The molecule has 0 aromatic carbocycles. The second-order valence-corrected chi connectivity index (χ2v) is 6.43. The third kappa shape index (κ3) is 2.56. The lowest BCUT2D eigenvalue weighted by atomic mass is 9.85. The van der Waals surface area contributed by atoms with Gasteiger partial charge in [-0.05, 0) is 32.2 Å². The van der Waals surface area contributed by atoms with E-state index in [0.717, 1.165) is 30.5 Å². The van der Waals surface area contributed by atoms with E-state index in [0.29, 0.717) is 0 Å².